The van der Waals surface area contributed by atoms with Crippen LogP contribution in [0.15, 0.2) is 54.7 Å². The minimum absolute atomic E-state index is 0.0733. The van der Waals surface area contributed by atoms with Gasteiger partial charge in [0, 0.05) is 30.9 Å². The van der Waals surface area contributed by atoms with Gasteiger partial charge >= 0.3 is 5.97 Å². The number of nitrogens with zero attached hydrogens (tertiary/aromatic N) is 2. The van der Waals surface area contributed by atoms with Crippen LogP contribution in [0.1, 0.15) is 58.9 Å². The fraction of sp³-hybridized carbons (Fsp3) is 0.333. The van der Waals surface area contributed by atoms with E-state index in [1.807, 2.05) is 13.0 Å². The lowest BCUT2D eigenvalue weighted by Gasteiger charge is -2.34. The monoisotopic (exact) mass is 581 g/mol. The van der Waals surface area contributed by atoms with Gasteiger partial charge in [0.2, 0.25) is 11.8 Å². The number of hydrogen-bond acceptors (Lipinski definition) is 7. The number of hydrogen-bond donors (Lipinski definition) is 4. The van der Waals surface area contributed by atoms with Gasteiger partial charge in [0.05, 0.1) is 22.9 Å². The number of primary amides is 1. The van der Waals surface area contributed by atoms with Crippen LogP contribution in [0.3, 0.4) is 0 Å². The first-order valence-electron chi connectivity index (χ1n) is 13.7. The SMILES string of the molecule is CCCC(NC1CCN(Cc2ccc(Oc3ccc(C(=O)O)cc3)nc2)CC1)C(=O)Nc1cc(C(N)=O)c(F)cc1F. The molecule has 1 fully saturated rings. The summed E-state index contributed by atoms with van der Waals surface area (Å²) >= 11 is 0. The summed E-state index contributed by atoms with van der Waals surface area (Å²) in [5.74, 6) is -3.71. The summed E-state index contributed by atoms with van der Waals surface area (Å²) in [4.78, 5) is 42.0. The van der Waals surface area contributed by atoms with E-state index in [9.17, 15) is 23.2 Å². The summed E-state index contributed by atoms with van der Waals surface area (Å²) < 4.78 is 33.8. The smallest absolute Gasteiger partial charge is 0.335 e. The Morgan fingerprint density at radius 3 is 2.40 bits per heavy atom. The van der Waals surface area contributed by atoms with Gasteiger partial charge in [-0.1, -0.05) is 19.4 Å². The van der Waals surface area contributed by atoms with Crippen molar-refractivity contribution >= 4 is 23.5 Å². The molecule has 2 aromatic carbocycles. The quantitative estimate of drug-likeness (QED) is 0.248. The molecule has 3 aromatic rings. The maximum absolute atomic E-state index is 14.3. The predicted molar refractivity (Wildman–Crippen MR) is 151 cm³/mol. The second-order valence-electron chi connectivity index (χ2n) is 10.2. The van der Waals surface area contributed by atoms with Crippen LogP contribution in [-0.2, 0) is 11.3 Å². The molecule has 1 atom stereocenters. The van der Waals surface area contributed by atoms with Gasteiger partial charge in [-0.15, -0.1) is 0 Å². The third-order valence-electron chi connectivity index (χ3n) is 7.03. The van der Waals surface area contributed by atoms with Crippen molar-refractivity contribution in [3.63, 3.8) is 0 Å². The lowest BCUT2D eigenvalue weighted by Crippen LogP contribution is -2.50. The number of likely N-dealkylation sites (tertiary alicyclic amines) is 1. The lowest BCUT2D eigenvalue weighted by atomic mass is 10.0. The zero-order valence-corrected chi connectivity index (χ0v) is 23.1. The van der Waals surface area contributed by atoms with Crippen molar-refractivity contribution < 1.29 is 33.0 Å². The molecule has 2 heterocycles. The van der Waals surface area contributed by atoms with E-state index in [0.29, 0.717) is 37.1 Å². The zero-order chi connectivity index (χ0) is 30.2. The lowest BCUT2D eigenvalue weighted by molar-refractivity contribution is -0.118. The van der Waals surface area contributed by atoms with Crippen molar-refractivity contribution in [3.8, 4) is 11.6 Å². The van der Waals surface area contributed by atoms with Gasteiger partial charge in [0.15, 0.2) is 0 Å². The fourth-order valence-corrected chi connectivity index (χ4v) is 4.78. The Labute approximate surface area is 241 Å². The number of pyridine rings is 1. The molecule has 222 valence electrons. The Morgan fingerprint density at radius 1 is 1.10 bits per heavy atom. The highest BCUT2D eigenvalue weighted by Crippen LogP contribution is 2.23. The van der Waals surface area contributed by atoms with Crippen LogP contribution < -0.4 is 21.1 Å². The first kappa shape index (κ1) is 30.5. The molecular weight excluding hydrogens is 548 g/mol. The number of anilines is 1. The number of halogens is 2. The molecule has 10 nitrogen and oxygen atoms in total. The topological polar surface area (TPSA) is 147 Å². The summed E-state index contributed by atoms with van der Waals surface area (Å²) in [5, 5.41) is 14.9. The largest absolute Gasteiger partial charge is 0.478 e. The molecule has 42 heavy (non-hydrogen) atoms. The summed E-state index contributed by atoms with van der Waals surface area (Å²) in [6, 6.07) is 10.7. The van der Waals surface area contributed by atoms with Crippen molar-refractivity contribution in [2.24, 2.45) is 5.73 Å². The first-order valence-corrected chi connectivity index (χ1v) is 13.7. The average molecular weight is 582 g/mol. The number of nitrogens with one attached hydrogen (secondary N) is 2. The molecule has 0 radical (unpaired) electrons. The Hall–Kier alpha value is -4.42. The molecule has 4 rings (SSSR count). The summed E-state index contributed by atoms with van der Waals surface area (Å²) in [7, 11) is 0. The van der Waals surface area contributed by atoms with Gasteiger partial charge < -0.3 is 26.2 Å². The van der Waals surface area contributed by atoms with Crippen molar-refractivity contribution in [1.29, 1.82) is 0 Å². The predicted octanol–water partition coefficient (Wildman–Crippen LogP) is 4.31. The number of carboxylic acids is 1. The standard InChI is InChI=1S/C30H33F2N5O5/c1-2-3-25(29(39)36-26-14-22(28(33)38)23(31)15-24(26)32)35-20-10-12-37(13-11-20)17-18-4-9-27(34-16-18)42-21-7-5-19(6-8-21)30(40)41/h4-9,14-16,20,25,35H,2-3,10-13,17H2,1H3,(H2,33,38)(H,36,39)(H,40,41). The van der Waals surface area contributed by atoms with Crippen LogP contribution in [0.25, 0.3) is 0 Å². The van der Waals surface area contributed by atoms with Gasteiger partial charge in [-0.05, 0) is 68.2 Å². The van der Waals surface area contributed by atoms with E-state index < -0.39 is 41.0 Å². The number of carboxylic acid groups (broad SMARTS) is 1. The Balaban J connectivity index is 1.27. The van der Waals surface area contributed by atoms with Crippen molar-refractivity contribution in [2.45, 2.75) is 51.2 Å². The Morgan fingerprint density at radius 2 is 1.81 bits per heavy atom. The normalized spacial score (nSPS) is 14.7. The van der Waals surface area contributed by atoms with Gasteiger partial charge in [0.1, 0.15) is 17.4 Å². The summed E-state index contributed by atoms with van der Waals surface area (Å²) in [6.07, 6.45) is 4.56. The number of aromatic carboxylic acids is 1. The summed E-state index contributed by atoms with van der Waals surface area (Å²) in [5.41, 5.74) is 5.54. The van der Waals surface area contributed by atoms with E-state index in [-0.39, 0.29) is 17.3 Å². The third-order valence-corrected chi connectivity index (χ3v) is 7.03. The number of carbonyl (C=O) groups is 3. The zero-order valence-electron chi connectivity index (χ0n) is 23.1. The number of aromatic nitrogens is 1. The molecule has 2 amide bonds. The van der Waals surface area contributed by atoms with E-state index in [0.717, 1.165) is 37.6 Å². The molecule has 5 N–H and O–H groups in total. The summed E-state index contributed by atoms with van der Waals surface area (Å²) in [6.45, 7) is 4.22. The maximum Gasteiger partial charge on any atom is 0.335 e. The van der Waals surface area contributed by atoms with Crippen LogP contribution in [-0.4, -0.2) is 57.9 Å². The van der Waals surface area contributed by atoms with Gasteiger partial charge in [-0.2, -0.15) is 0 Å². The van der Waals surface area contributed by atoms with Gasteiger partial charge in [-0.25, -0.2) is 18.6 Å². The highest BCUT2D eigenvalue weighted by atomic mass is 19.1. The van der Waals surface area contributed by atoms with Crippen LogP contribution in [0.4, 0.5) is 14.5 Å². The second kappa shape index (κ2) is 14.0. The average Bonchev–Trinajstić information content (AvgIpc) is 2.96. The van der Waals surface area contributed by atoms with E-state index in [1.165, 1.54) is 12.1 Å². The number of amides is 2. The highest BCUT2D eigenvalue weighted by Gasteiger charge is 2.26. The Bertz CT molecular complexity index is 1410. The maximum atomic E-state index is 14.3. The molecule has 1 aliphatic rings. The molecule has 0 spiro atoms. The van der Waals surface area contributed by atoms with Crippen LogP contribution in [0, 0.1) is 11.6 Å². The number of ether oxygens (including phenoxy) is 1. The molecule has 1 unspecified atom stereocenters. The molecule has 1 aromatic heterocycles. The van der Waals surface area contributed by atoms with Gasteiger partial charge in [0.25, 0.3) is 5.91 Å². The van der Waals surface area contributed by atoms with Crippen molar-refractivity contribution in [3.05, 3.63) is 83.1 Å². The van der Waals surface area contributed by atoms with E-state index in [2.05, 4.69) is 20.5 Å². The van der Waals surface area contributed by atoms with E-state index >= 15 is 0 Å². The number of carbonyl (C=O) groups excluding carboxylic acids is 2. The molecule has 1 saturated heterocycles. The number of benzene rings is 2. The second-order valence-corrected chi connectivity index (χ2v) is 10.2. The molecule has 12 heteroatoms. The van der Waals surface area contributed by atoms with Gasteiger partial charge in [-0.3, -0.25) is 14.5 Å². The highest BCUT2D eigenvalue weighted by molar-refractivity contribution is 5.98. The van der Waals surface area contributed by atoms with Crippen LogP contribution in [0.5, 0.6) is 11.6 Å². The Kier molecular flexibility index (Phi) is 10.2. The van der Waals surface area contributed by atoms with Crippen LogP contribution in [0.2, 0.25) is 0 Å². The number of nitrogens with two attached hydrogens (primary N) is 1. The van der Waals surface area contributed by atoms with Crippen molar-refractivity contribution in [2.75, 3.05) is 18.4 Å². The minimum Gasteiger partial charge on any atom is -0.478 e. The molecule has 0 bridgehead atoms. The van der Waals surface area contributed by atoms with E-state index in [1.54, 1.807) is 24.4 Å². The third kappa shape index (κ3) is 8.08. The van der Waals surface area contributed by atoms with Crippen molar-refractivity contribution in [1.82, 2.24) is 15.2 Å². The number of rotatable bonds is 12. The number of piperidine rings is 1. The van der Waals surface area contributed by atoms with Crippen LogP contribution >= 0.6 is 0 Å². The fourth-order valence-electron chi connectivity index (χ4n) is 4.78. The molecule has 0 aliphatic carbocycles. The molecule has 0 saturated carbocycles. The first-order chi connectivity index (χ1) is 20.1. The molecular formula is C30H33F2N5O5. The molecule has 1 aliphatic heterocycles. The minimum atomic E-state index is -1.09. The van der Waals surface area contributed by atoms with E-state index in [4.69, 9.17) is 15.6 Å².